The molecule has 2 aromatic carbocycles. The van der Waals surface area contributed by atoms with Gasteiger partial charge < -0.3 is 25.0 Å². The number of hydrogen-bond acceptors (Lipinski definition) is 6. The number of anilines is 2. The molecule has 8 nitrogen and oxygen atoms in total. The summed E-state index contributed by atoms with van der Waals surface area (Å²) in [4.78, 5) is 32.3. The van der Waals surface area contributed by atoms with E-state index < -0.39 is 17.7 Å². The summed E-state index contributed by atoms with van der Waals surface area (Å²) >= 11 is 6.39. The molecule has 2 aliphatic heterocycles. The summed E-state index contributed by atoms with van der Waals surface area (Å²) in [5.41, 5.74) is 1.31. The van der Waals surface area contributed by atoms with Crippen molar-refractivity contribution < 1.29 is 19.4 Å². The van der Waals surface area contributed by atoms with E-state index >= 15 is 0 Å². The van der Waals surface area contributed by atoms with Gasteiger partial charge in [-0.3, -0.25) is 14.5 Å². The third-order valence-corrected chi connectivity index (χ3v) is 6.71. The zero-order valence-electron chi connectivity index (χ0n) is 19.4. The van der Waals surface area contributed by atoms with Gasteiger partial charge in [0.25, 0.3) is 5.91 Å². The van der Waals surface area contributed by atoms with E-state index in [1.807, 2.05) is 37.2 Å². The van der Waals surface area contributed by atoms with Crippen LogP contribution in [0.3, 0.4) is 0 Å². The summed E-state index contributed by atoms with van der Waals surface area (Å²) in [6.07, 6.45) is -0.543. The molecule has 33 heavy (non-hydrogen) atoms. The Morgan fingerprint density at radius 2 is 1.91 bits per heavy atom. The minimum atomic E-state index is -1.41. The van der Waals surface area contributed by atoms with Crippen molar-refractivity contribution in [3.63, 3.8) is 0 Å². The number of rotatable bonds is 5. The molecule has 0 saturated carbocycles. The Balaban J connectivity index is 2.03. The number of likely N-dealkylation sites (tertiary alicyclic amines) is 1. The number of aliphatic hydroxyl groups is 1. The maximum absolute atomic E-state index is 13.9. The van der Waals surface area contributed by atoms with Gasteiger partial charge in [-0.1, -0.05) is 17.7 Å². The summed E-state index contributed by atoms with van der Waals surface area (Å²) in [5.74, 6) is 0.000949. The Bertz CT molecular complexity index is 1110. The standard InChI is InChI=1S/C24H29ClN4O4/c1-27(2)15-7-8-17(21(11-15)33-5)24(18-10-14(25)6-9-19(18)26-23(24)32)29-13-16(30)12-20(29)22(31)28(3)4/h6-11,16,20,30H,12-13H2,1-5H3,(H,26,32)/t16-,20+,24?/m1/s1. The lowest BCUT2D eigenvalue weighted by atomic mass is 9.80. The number of hydrogen-bond donors (Lipinski definition) is 2. The number of fused-ring (bicyclic) bond motifs is 1. The molecule has 2 heterocycles. The summed E-state index contributed by atoms with van der Waals surface area (Å²) in [5, 5.41) is 14.1. The first-order valence-electron chi connectivity index (χ1n) is 10.7. The quantitative estimate of drug-likeness (QED) is 0.693. The van der Waals surface area contributed by atoms with E-state index in [1.54, 1.807) is 44.3 Å². The molecule has 0 bridgehead atoms. The molecule has 0 radical (unpaired) electrons. The summed E-state index contributed by atoms with van der Waals surface area (Å²) in [6.45, 7) is 0.141. The molecular weight excluding hydrogens is 444 g/mol. The van der Waals surface area contributed by atoms with E-state index in [0.717, 1.165) is 5.69 Å². The lowest BCUT2D eigenvalue weighted by Crippen LogP contribution is -2.57. The maximum atomic E-state index is 13.9. The number of nitrogens with one attached hydrogen (secondary N) is 1. The van der Waals surface area contributed by atoms with Gasteiger partial charge in [0.1, 0.15) is 5.75 Å². The van der Waals surface area contributed by atoms with E-state index in [1.165, 1.54) is 4.90 Å². The van der Waals surface area contributed by atoms with Crippen molar-refractivity contribution >= 4 is 34.8 Å². The molecule has 176 valence electrons. The van der Waals surface area contributed by atoms with E-state index in [9.17, 15) is 14.7 Å². The van der Waals surface area contributed by atoms with Gasteiger partial charge in [-0.15, -0.1) is 0 Å². The number of amides is 2. The largest absolute Gasteiger partial charge is 0.496 e. The van der Waals surface area contributed by atoms with Crippen LogP contribution in [0.1, 0.15) is 17.5 Å². The fourth-order valence-corrected chi connectivity index (χ4v) is 5.11. The average Bonchev–Trinajstić information content (AvgIpc) is 3.29. The van der Waals surface area contributed by atoms with Crippen LogP contribution < -0.4 is 15.0 Å². The Morgan fingerprint density at radius 3 is 2.55 bits per heavy atom. The highest BCUT2D eigenvalue weighted by Crippen LogP contribution is 2.51. The zero-order chi connectivity index (χ0) is 24.1. The number of ether oxygens (including phenoxy) is 1. The number of methoxy groups -OCH3 is 1. The highest BCUT2D eigenvalue weighted by Gasteiger charge is 2.59. The van der Waals surface area contributed by atoms with Gasteiger partial charge in [0.2, 0.25) is 5.91 Å². The van der Waals surface area contributed by atoms with E-state index in [-0.39, 0.29) is 24.8 Å². The third-order valence-electron chi connectivity index (χ3n) is 6.48. The normalized spacial score (nSPS) is 24.4. The first-order valence-corrected chi connectivity index (χ1v) is 11.1. The lowest BCUT2D eigenvalue weighted by Gasteiger charge is -2.41. The number of halogens is 1. The van der Waals surface area contributed by atoms with Gasteiger partial charge in [0, 0.05) is 68.3 Å². The van der Waals surface area contributed by atoms with Crippen LogP contribution in [0.15, 0.2) is 36.4 Å². The topological polar surface area (TPSA) is 85.3 Å². The number of nitrogens with zero attached hydrogens (tertiary/aromatic N) is 3. The molecule has 4 rings (SSSR count). The van der Waals surface area contributed by atoms with Gasteiger partial charge in [0.05, 0.1) is 19.3 Å². The Morgan fingerprint density at radius 1 is 1.18 bits per heavy atom. The smallest absolute Gasteiger partial charge is 0.254 e. The van der Waals surface area contributed by atoms with Crippen LogP contribution in [-0.2, 0) is 15.1 Å². The molecule has 2 aromatic rings. The fraction of sp³-hybridized carbons (Fsp3) is 0.417. The summed E-state index contributed by atoms with van der Waals surface area (Å²) in [7, 11) is 8.74. The van der Waals surface area contributed by atoms with Crippen molar-refractivity contribution in [1.82, 2.24) is 9.80 Å². The van der Waals surface area contributed by atoms with Crippen LogP contribution in [0.5, 0.6) is 5.75 Å². The maximum Gasteiger partial charge on any atom is 0.254 e. The number of aliphatic hydroxyl groups excluding tert-OH is 1. The number of β-amino-alcohol motifs (C(OH)–C–C–N with tert-alkyl or cyclic N) is 1. The molecule has 0 aliphatic carbocycles. The predicted molar refractivity (Wildman–Crippen MR) is 128 cm³/mol. The van der Waals surface area contributed by atoms with Gasteiger partial charge >= 0.3 is 0 Å². The fourth-order valence-electron chi connectivity index (χ4n) is 4.94. The van der Waals surface area contributed by atoms with Crippen molar-refractivity contribution in [3.8, 4) is 5.75 Å². The highest BCUT2D eigenvalue weighted by molar-refractivity contribution is 6.31. The molecule has 1 fully saturated rings. The van der Waals surface area contributed by atoms with Crippen LogP contribution in [0.25, 0.3) is 0 Å². The van der Waals surface area contributed by atoms with Crippen LogP contribution in [0.2, 0.25) is 5.02 Å². The Kier molecular flexibility index (Phi) is 6.03. The van der Waals surface area contributed by atoms with Crippen LogP contribution in [-0.4, -0.2) is 80.7 Å². The van der Waals surface area contributed by atoms with E-state index in [0.29, 0.717) is 27.6 Å². The van der Waals surface area contributed by atoms with E-state index in [4.69, 9.17) is 16.3 Å². The molecule has 2 N–H and O–H groups in total. The molecule has 2 amide bonds. The first kappa shape index (κ1) is 23.4. The number of carbonyl (C=O) groups excluding carboxylic acids is 2. The van der Waals surface area contributed by atoms with Gasteiger partial charge in [-0.25, -0.2) is 0 Å². The lowest BCUT2D eigenvalue weighted by molar-refractivity contribution is -0.138. The molecular formula is C24H29ClN4O4. The molecule has 0 aromatic heterocycles. The van der Waals surface area contributed by atoms with Gasteiger partial charge in [-0.2, -0.15) is 0 Å². The molecule has 1 unspecified atom stereocenters. The minimum Gasteiger partial charge on any atom is -0.496 e. The molecule has 1 saturated heterocycles. The number of likely N-dealkylation sites (N-methyl/N-ethyl adjacent to an activating group) is 1. The summed E-state index contributed by atoms with van der Waals surface area (Å²) in [6, 6.07) is 10.1. The van der Waals surface area contributed by atoms with Crippen molar-refractivity contribution in [3.05, 3.63) is 52.5 Å². The van der Waals surface area contributed by atoms with Crippen molar-refractivity contribution in [1.29, 1.82) is 0 Å². The predicted octanol–water partition coefficient (Wildman–Crippen LogP) is 2.13. The zero-order valence-corrected chi connectivity index (χ0v) is 20.2. The molecule has 3 atom stereocenters. The molecule has 9 heteroatoms. The number of carbonyl (C=O) groups is 2. The highest BCUT2D eigenvalue weighted by atomic mass is 35.5. The second kappa shape index (κ2) is 8.52. The number of benzene rings is 2. The molecule has 0 spiro atoms. The van der Waals surface area contributed by atoms with E-state index in [2.05, 4.69) is 5.32 Å². The summed E-state index contributed by atoms with van der Waals surface area (Å²) < 4.78 is 5.77. The van der Waals surface area contributed by atoms with Crippen molar-refractivity contribution in [2.45, 2.75) is 24.1 Å². The second-order valence-corrected chi connectivity index (χ2v) is 9.36. The second-order valence-electron chi connectivity index (χ2n) is 8.92. The van der Waals surface area contributed by atoms with Crippen molar-refractivity contribution in [2.75, 3.05) is 52.1 Å². The van der Waals surface area contributed by atoms with Crippen LogP contribution in [0, 0.1) is 0 Å². The minimum absolute atomic E-state index is 0.141. The van der Waals surface area contributed by atoms with Gasteiger partial charge in [0.15, 0.2) is 5.54 Å². The molecule has 2 aliphatic rings. The monoisotopic (exact) mass is 472 g/mol. The SMILES string of the molecule is COc1cc(N(C)C)ccc1C1(N2C[C@H](O)C[C@H]2C(=O)N(C)C)C(=O)Nc2ccc(Cl)cc21. The van der Waals surface area contributed by atoms with Crippen LogP contribution >= 0.6 is 11.6 Å². The average molecular weight is 473 g/mol. The van der Waals surface area contributed by atoms with Crippen LogP contribution in [0.4, 0.5) is 11.4 Å². The first-order chi connectivity index (χ1) is 15.6. The van der Waals surface area contributed by atoms with Crippen molar-refractivity contribution in [2.24, 2.45) is 0 Å². The third kappa shape index (κ3) is 3.62. The Labute approximate surface area is 198 Å². The Hall–Kier alpha value is -2.81. The van der Waals surface area contributed by atoms with Gasteiger partial charge in [-0.05, 0) is 30.7 Å².